The largest absolute Gasteiger partial charge is 0.769 e. The summed E-state index contributed by atoms with van der Waals surface area (Å²) in [5, 5.41) is 41.4. The number of nitrogens with one attached hydrogen (secondary N) is 1. The molecule has 0 saturated heterocycles. The molecule has 0 spiro atoms. The lowest BCUT2D eigenvalue weighted by atomic mass is 10.1. The van der Waals surface area contributed by atoms with Gasteiger partial charge >= 0.3 is 0 Å². The van der Waals surface area contributed by atoms with Crippen molar-refractivity contribution in [3.05, 3.63) is 63.5 Å². The maximum atomic E-state index is 12.1. The van der Waals surface area contributed by atoms with Gasteiger partial charge in [-0.2, -0.15) is 0 Å². The van der Waals surface area contributed by atoms with Gasteiger partial charge in [0.2, 0.25) is 0 Å². The van der Waals surface area contributed by atoms with Crippen LogP contribution in [-0.4, -0.2) is 16.3 Å². The average molecular weight is 324 g/mol. The van der Waals surface area contributed by atoms with Gasteiger partial charge in [-0.05, 0) is 30.3 Å². The van der Waals surface area contributed by atoms with E-state index in [2.05, 4.69) is 5.32 Å². The fraction of sp³-hybridized carbons (Fsp3) is 0. The molecule has 0 aliphatic rings. The minimum Gasteiger partial charge on any atom is -0.769 e. The molecule has 1 amide bonds. The Labute approximate surface area is 129 Å². The van der Waals surface area contributed by atoms with E-state index in [1.165, 1.54) is 0 Å². The Bertz CT molecular complexity index is 667. The summed E-state index contributed by atoms with van der Waals surface area (Å²) in [5.41, 5.74) is -0.585. The molecule has 2 rings (SSSR count). The molecular weight excluding hydrogens is 314 g/mol. The second-order valence-corrected chi connectivity index (χ2v) is 4.63. The maximum Gasteiger partial charge on any atom is 0.255 e. The number of hydrogen-bond donors (Lipinski definition) is 3. The molecule has 3 N–H and O–H groups in total. The predicted octanol–water partition coefficient (Wildman–Crippen LogP) is 2.98. The quantitative estimate of drug-likeness (QED) is 0.739. The monoisotopic (exact) mass is 323 g/mol. The van der Waals surface area contributed by atoms with Gasteiger partial charge < -0.3 is 21.0 Å². The first-order valence-corrected chi connectivity index (χ1v) is 6.29. The summed E-state index contributed by atoms with van der Waals surface area (Å²) in [7, 11) is 0. The Morgan fingerprint density at radius 2 is 1.73 bits per heavy atom. The van der Waals surface area contributed by atoms with Crippen molar-refractivity contribution >= 4 is 34.6 Å². The first-order chi connectivity index (χ1) is 10.4. The zero-order valence-electron chi connectivity index (χ0n) is 10.9. The van der Waals surface area contributed by atoms with E-state index in [0.29, 0.717) is 10.7 Å². The van der Waals surface area contributed by atoms with Crippen LogP contribution in [0.15, 0.2) is 42.5 Å². The number of halogens is 1. The molecule has 0 fully saturated rings. The van der Waals surface area contributed by atoms with E-state index >= 15 is 0 Å². The van der Waals surface area contributed by atoms with Crippen LogP contribution in [0.5, 0.6) is 0 Å². The van der Waals surface area contributed by atoms with E-state index < -0.39 is 16.8 Å². The Hall–Kier alpha value is -2.36. The van der Waals surface area contributed by atoms with Gasteiger partial charge in [-0.15, -0.1) is 5.23 Å². The number of anilines is 3. The van der Waals surface area contributed by atoms with Crippen molar-refractivity contribution in [3.63, 3.8) is 0 Å². The molecule has 0 aromatic heterocycles. The van der Waals surface area contributed by atoms with Gasteiger partial charge in [0.25, 0.3) is 5.91 Å². The lowest BCUT2D eigenvalue weighted by molar-refractivity contribution is 0.0291. The van der Waals surface area contributed by atoms with Crippen LogP contribution >= 0.6 is 11.6 Å². The molecule has 2 aromatic carbocycles. The van der Waals surface area contributed by atoms with Gasteiger partial charge in [0.1, 0.15) is 0 Å². The van der Waals surface area contributed by atoms with Gasteiger partial charge in [0.15, 0.2) is 0 Å². The highest BCUT2D eigenvalue weighted by Gasteiger charge is 2.12. The summed E-state index contributed by atoms with van der Waals surface area (Å²) < 4.78 is 0. The van der Waals surface area contributed by atoms with Crippen molar-refractivity contribution in [2.24, 2.45) is 0 Å². The third kappa shape index (κ3) is 3.64. The molecule has 0 bridgehead atoms. The minimum absolute atomic E-state index is 0.128. The van der Waals surface area contributed by atoms with Gasteiger partial charge in [0, 0.05) is 11.3 Å². The molecule has 0 radical (unpaired) electrons. The highest BCUT2D eigenvalue weighted by Crippen LogP contribution is 2.25. The van der Waals surface area contributed by atoms with E-state index in [0.717, 1.165) is 18.2 Å². The van der Waals surface area contributed by atoms with Crippen molar-refractivity contribution < 1.29 is 15.2 Å². The number of para-hydroxylation sites is 1. The summed E-state index contributed by atoms with van der Waals surface area (Å²) in [6.45, 7) is 0. The summed E-state index contributed by atoms with van der Waals surface area (Å²) in [6.07, 6.45) is 0. The summed E-state index contributed by atoms with van der Waals surface area (Å²) in [5.74, 6) is -0.681. The zero-order valence-corrected chi connectivity index (χ0v) is 11.7. The third-order valence-corrected chi connectivity index (χ3v) is 3.06. The first kappa shape index (κ1) is 16.0. The minimum atomic E-state index is -0.751. The fourth-order valence-electron chi connectivity index (χ4n) is 1.70. The van der Waals surface area contributed by atoms with E-state index in [-0.39, 0.29) is 16.5 Å². The smallest absolute Gasteiger partial charge is 0.255 e. The zero-order chi connectivity index (χ0) is 16.3. The molecule has 0 atom stereocenters. The van der Waals surface area contributed by atoms with Gasteiger partial charge in [-0.25, -0.2) is 0 Å². The standard InChI is InChI=1S/C13H10ClN3O5/c14-11-3-1-2-4-12(11)15-13(18)8-5-9(16(19)20)7-10(6-8)17(21)22/h1-7,19-20H,(H,15,18)/q-2. The van der Waals surface area contributed by atoms with E-state index in [9.17, 15) is 15.2 Å². The summed E-state index contributed by atoms with van der Waals surface area (Å²) in [6, 6.07) is 9.47. The van der Waals surface area contributed by atoms with E-state index in [4.69, 9.17) is 22.0 Å². The molecule has 8 nitrogen and oxygen atoms in total. The molecule has 9 heteroatoms. The highest BCUT2D eigenvalue weighted by atomic mass is 35.5. The molecular formula is C13H10ClN3O5-2. The van der Waals surface area contributed by atoms with Crippen LogP contribution in [0.2, 0.25) is 5.02 Å². The van der Waals surface area contributed by atoms with Gasteiger partial charge in [0.05, 0.1) is 16.4 Å². The Balaban J connectivity index is 2.34. The summed E-state index contributed by atoms with van der Waals surface area (Å²) in [4.78, 5) is 12.1. The lowest BCUT2D eigenvalue weighted by Gasteiger charge is -2.38. The Morgan fingerprint density at radius 3 is 2.32 bits per heavy atom. The molecule has 0 saturated carbocycles. The Morgan fingerprint density at radius 1 is 1.09 bits per heavy atom. The molecule has 0 aliphatic carbocycles. The second kappa shape index (κ2) is 6.60. The molecule has 116 valence electrons. The molecule has 22 heavy (non-hydrogen) atoms. The van der Waals surface area contributed by atoms with Gasteiger partial charge in [-0.3, -0.25) is 15.2 Å². The number of hydrogen-bond acceptors (Lipinski definition) is 7. The molecule has 0 heterocycles. The maximum absolute atomic E-state index is 12.1. The lowest BCUT2D eigenvalue weighted by Crippen LogP contribution is -2.17. The summed E-state index contributed by atoms with van der Waals surface area (Å²) >= 11 is 5.91. The first-order valence-electron chi connectivity index (χ1n) is 5.91. The van der Waals surface area contributed by atoms with Crippen LogP contribution in [0.25, 0.3) is 0 Å². The number of nitrogens with zero attached hydrogens (tertiary/aromatic N) is 2. The van der Waals surface area contributed by atoms with Crippen molar-refractivity contribution in [2.45, 2.75) is 0 Å². The highest BCUT2D eigenvalue weighted by molar-refractivity contribution is 6.33. The Kier molecular flexibility index (Phi) is 4.81. The molecule has 0 unspecified atom stereocenters. The van der Waals surface area contributed by atoms with Crippen molar-refractivity contribution in [2.75, 3.05) is 15.8 Å². The van der Waals surface area contributed by atoms with Crippen LogP contribution in [-0.2, 0) is 0 Å². The number of carbonyl (C=O) groups excluding carboxylic acids is 1. The average Bonchev–Trinajstić information content (AvgIpc) is 2.49. The van der Waals surface area contributed by atoms with Crippen LogP contribution in [0, 0.1) is 10.4 Å². The molecule has 0 aliphatic heterocycles. The van der Waals surface area contributed by atoms with Crippen molar-refractivity contribution in [1.82, 2.24) is 0 Å². The van der Waals surface area contributed by atoms with Crippen LogP contribution < -0.4 is 15.8 Å². The van der Waals surface area contributed by atoms with E-state index in [1.807, 2.05) is 0 Å². The van der Waals surface area contributed by atoms with Crippen LogP contribution in [0.4, 0.5) is 17.1 Å². The SMILES string of the molecule is O=C(Nc1ccccc1Cl)c1cc(N([O-])[O-])cc(N(O)O)c1. The number of rotatable bonds is 4. The number of benzene rings is 2. The van der Waals surface area contributed by atoms with Crippen molar-refractivity contribution in [3.8, 4) is 0 Å². The normalized spacial score (nSPS) is 10.2. The van der Waals surface area contributed by atoms with Gasteiger partial charge in [-0.1, -0.05) is 23.7 Å². The second-order valence-electron chi connectivity index (χ2n) is 4.22. The topological polar surface area (TPSA) is 122 Å². The van der Waals surface area contributed by atoms with Crippen molar-refractivity contribution in [1.29, 1.82) is 0 Å². The number of amides is 1. The number of carbonyl (C=O) groups is 1. The molecule has 2 aromatic rings. The van der Waals surface area contributed by atoms with E-state index in [1.54, 1.807) is 24.3 Å². The third-order valence-electron chi connectivity index (χ3n) is 2.73. The van der Waals surface area contributed by atoms with Crippen LogP contribution in [0.3, 0.4) is 0 Å². The predicted molar refractivity (Wildman–Crippen MR) is 81.1 cm³/mol. The van der Waals surface area contributed by atoms with Crippen LogP contribution in [0.1, 0.15) is 10.4 Å². The fourth-order valence-corrected chi connectivity index (χ4v) is 1.89.